The van der Waals surface area contributed by atoms with Gasteiger partial charge in [0.25, 0.3) is 0 Å². The fourth-order valence-corrected chi connectivity index (χ4v) is 4.84. The number of aliphatic hydroxyl groups excluding tert-OH is 1. The van der Waals surface area contributed by atoms with E-state index in [-0.39, 0.29) is 11.1 Å². The van der Waals surface area contributed by atoms with Crippen LogP contribution in [0.15, 0.2) is 42.5 Å². The fraction of sp³-hybridized carbons (Fsp3) is 0.250. The average Bonchev–Trinajstić information content (AvgIpc) is 3.29. The van der Waals surface area contributed by atoms with E-state index in [2.05, 4.69) is 0 Å². The highest BCUT2D eigenvalue weighted by molar-refractivity contribution is 6.33. The topological polar surface area (TPSA) is 29.5 Å². The molecule has 1 heterocycles. The SMILES string of the molecule is Cc1cc2c(c(F)c1-c1c(Cl)c(F)cc3c1CC(c1ccccc1)O3)CCC2O. The van der Waals surface area contributed by atoms with Crippen molar-refractivity contribution in [2.45, 2.75) is 38.4 Å². The van der Waals surface area contributed by atoms with E-state index in [0.29, 0.717) is 58.4 Å². The summed E-state index contributed by atoms with van der Waals surface area (Å²) in [7, 11) is 0. The third kappa shape index (κ3) is 2.85. The zero-order valence-corrected chi connectivity index (χ0v) is 16.6. The summed E-state index contributed by atoms with van der Waals surface area (Å²) >= 11 is 6.38. The summed E-state index contributed by atoms with van der Waals surface area (Å²) in [5.74, 6) is -0.655. The number of hydrogen-bond donors (Lipinski definition) is 1. The molecule has 2 aliphatic rings. The van der Waals surface area contributed by atoms with Crippen LogP contribution in [0.3, 0.4) is 0 Å². The zero-order chi connectivity index (χ0) is 20.3. The molecule has 29 heavy (non-hydrogen) atoms. The van der Waals surface area contributed by atoms with E-state index in [9.17, 15) is 9.50 Å². The lowest BCUT2D eigenvalue weighted by atomic mass is 9.89. The molecule has 0 saturated heterocycles. The van der Waals surface area contributed by atoms with E-state index >= 15 is 4.39 Å². The quantitative estimate of drug-likeness (QED) is 0.539. The van der Waals surface area contributed by atoms with E-state index in [4.69, 9.17) is 16.3 Å². The number of halogens is 3. The Labute approximate surface area is 172 Å². The predicted molar refractivity (Wildman–Crippen MR) is 108 cm³/mol. The summed E-state index contributed by atoms with van der Waals surface area (Å²) in [6, 6.07) is 12.8. The number of hydrogen-bond acceptors (Lipinski definition) is 2. The van der Waals surface area contributed by atoms with Crippen LogP contribution in [0.5, 0.6) is 5.75 Å². The van der Waals surface area contributed by atoms with Gasteiger partial charge in [0.2, 0.25) is 0 Å². The molecule has 0 fully saturated rings. The van der Waals surface area contributed by atoms with E-state index in [1.807, 2.05) is 30.3 Å². The van der Waals surface area contributed by atoms with E-state index in [1.54, 1.807) is 13.0 Å². The van der Waals surface area contributed by atoms with Gasteiger partial charge in [-0.1, -0.05) is 48.0 Å². The highest BCUT2D eigenvalue weighted by Crippen LogP contribution is 2.49. The summed E-state index contributed by atoms with van der Waals surface area (Å²) in [4.78, 5) is 0. The maximum Gasteiger partial charge on any atom is 0.146 e. The molecule has 0 amide bonds. The summed E-state index contributed by atoms with van der Waals surface area (Å²) in [5, 5.41) is 10.0. The number of fused-ring (bicyclic) bond motifs is 2. The molecule has 0 bridgehead atoms. The molecule has 5 heteroatoms. The van der Waals surface area contributed by atoms with Gasteiger partial charge in [0.05, 0.1) is 11.1 Å². The highest BCUT2D eigenvalue weighted by atomic mass is 35.5. The van der Waals surface area contributed by atoms with E-state index < -0.39 is 17.7 Å². The average molecular weight is 413 g/mol. The molecule has 1 N–H and O–H groups in total. The van der Waals surface area contributed by atoms with Gasteiger partial charge in [-0.2, -0.15) is 0 Å². The maximum atomic E-state index is 15.6. The maximum absolute atomic E-state index is 15.6. The molecule has 2 unspecified atom stereocenters. The van der Waals surface area contributed by atoms with Crippen LogP contribution in [0.25, 0.3) is 11.1 Å². The summed E-state index contributed by atoms with van der Waals surface area (Å²) in [6.45, 7) is 1.77. The van der Waals surface area contributed by atoms with Gasteiger partial charge in [-0.3, -0.25) is 0 Å². The lowest BCUT2D eigenvalue weighted by molar-refractivity contribution is 0.180. The molecule has 3 aromatic rings. The smallest absolute Gasteiger partial charge is 0.146 e. The molecule has 0 radical (unpaired) electrons. The van der Waals surface area contributed by atoms with Crippen molar-refractivity contribution < 1.29 is 18.6 Å². The van der Waals surface area contributed by atoms with Gasteiger partial charge in [-0.15, -0.1) is 0 Å². The number of ether oxygens (including phenoxy) is 1. The van der Waals surface area contributed by atoms with Crippen molar-refractivity contribution in [2.75, 3.05) is 0 Å². The van der Waals surface area contributed by atoms with Gasteiger partial charge in [-0.05, 0) is 42.0 Å². The minimum Gasteiger partial charge on any atom is -0.485 e. The van der Waals surface area contributed by atoms with Crippen LogP contribution in [-0.4, -0.2) is 5.11 Å². The second kappa shape index (κ2) is 6.82. The lowest BCUT2D eigenvalue weighted by Crippen LogP contribution is -2.03. The minimum absolute atomic E-state index is 0.0958. The van der Waals surface area contributed by atoms with Crippen molar-refractivity contribution in [1.82, 2.24) is 0 Å². The molecule has 2 nitrogen and oxygen atoms in total. The van der Waals surface area contributed by atoms with Crippen molar-refractivity contribution in [1.29, 1.82) is 0 Å². The van der Waals surface area contributed by atoms with Crippen molar-refractivity contribution in [3.63, 3.8) is 0 Å². The Kier molecular flexibility index (Phi) is 4.37. The van der Waals surface area contributed by atoms with E-state index in [1.165, 1.54) is 6.07 Å². The molecule has 5 rings (SSSR count). The summed E-state index contributed by atoms with van der Waals surface area (Å²) in [5.41, 5.74) is 4.08. The molecule has 2 atom stereocenters. The first-order valence-electron chi connectivity index (χ1n) is 9.68. The first-order valence-corrected chi connectivity index (χ1v) is 10.1. The van der Waals surface area contributed by atoms with Crippen LogP contribution in [0.4, 0.5) is 8.78 Å². The highest BCUT2D eigenvalue weighted by Gasteiger charge is 2.34. The molecule has 3 aromatic carbocycles. The predicted octanol–water partition coefficient (Wildman–Crippen LogP) is 6.25. The Morgan fingerprint density at radius 1 is 1.07 bits per heavy atom. The first-order chi connectivity index (χ1) is 14.0. The van der Waals surface area contributed by atoms with Crippen LogP contribution in [-0.2, 0) is 12.8 Å². The largest absolute Gasteiger partial charge is 0.485 e. The van der Waals surface area contributed by atoms with Gasteiger partial charge < -0.3 is 9.84 Å². The van der Waals surface area contributed by atoms with Gasteiger partial charge >= 0.3 is 0 Å². The Morgan fingerprint density at radius 3 is 2.59 bits per heavy atom. The molecule has 148 valence electrons. The molecule has 0 aromatic heterocycles. The number of benzene rings is 3. The third-order valence-electron chi connectivity index (χ3n) is 5.99. The molecule has 1 aliphatic carbocycles. The molecule has 0 spiro atoms. The first kappa shape index (κ1) is 18.6. The van der Waals surface area contributed by atoms with Crippen molar-refractivity contribution in [3.8, 4) is 16.9 Å². The molecule has 0 saturated carbocycles. The number of rotatable bonds is 2. The van der Waals surface area contributed by atoms with Crippen LogP contribution in [0, 0.1) is 18.6 Å². The monoisotopic (exact) mass is 412 g/mol. The van der Waals surface area contributed by atoms with Gasteiger partial charge in [0.15, 0.2) is 0 Å². The zero-order valence-electron chi connectivity index (χ0n) is 15.8. The number of aryl methyl sites for hydroxylation is 1. The van der Waals surface area contributed by atoms with Crippen LogP contribution < -0.4 is 4.74 Å². The number of aliphatic hydroxyl groups is 1. The van der Waals surface area contributed by atoms with Crippen molar-refractivity contribution in [3.05, 3.63) is 86.9 Å². The van der Waals surface area contributed by atoms with Crippen LogP contribution in [0.2, 0.25) is 5.02 Å². The minimum atomic E-state index is -0.660. The third-order valence-corrected chi connectivity index (χ3v) is 6.36. The Morgan fingerprint density at radius 2 is 1.83 bits per heavy atom. The van der Waals surface area contributed by atoms with Crippen LogP contribution in [0.1, 0.15) is 46.4 Å². The standard InChI is InChI=1S/C24H19ClF2O2/c1-12-9-15-14(7-8-18(15)28)24(27)21(12)22-16-10-19(13-5-3-2-4-6-13)29-20(16)11-17(26)23(22)25/h2-6,9,11,18-19,28H,7-8,10H2,1H3. The molecular weight excluding hydrogens is 394 g/mol. The van der Waals surface area contributed by atoms with Crippen LogP contribution >= 0.6 is 11.6 Å². The van der Waals surface area contributed by atoms with Crippen molar-refractivity contribution >= 4 is 11.6 Å². The summed E-state index contributed by atoms with van der Waals surface area (Å²) in [6.07, 6.45) is 0.485. The van der Waals surface area contributed by atoms with Crippen molar-refractivity contribution in [2.24, 2.45) is 0 Å². The van der Waals surface area contributed by atoms with Gasteiger partial charge in [0, 0.05) is 29.2 Å². The Bertz CT molecular complexity index is 1130. The Hall–Kier alpha value is -2.43. The molecular formula is C24H19ClF2O2. The Balaban J connectivity index is 1.70. The second-order valence-electron chi connectivity index (χ2n) is 7.75. The summed E-state index contributed by atoms with van der Waals surface area (Å²) < 4.78 is 36.3. The van der Waals surface area contributed by atoms with E-state index in [0.717, 1.165) is 5.56 Å². The van der Waals surface area contributed by atoms with Gasteiger partial charge in [-0.25, -0.2) is 8.78 Å². The fourth-order valence-electron chi connectivity index (χ4n) is 4.58. The normalized spacial score (nSPS) is 19.8. The van der Waals surface area contributed by atoms with Gasteiger partial charge in [0.1, 0.15) is 23.5 Å². The lowest BCUT2D eigenvalue weighted by Gasteiger charge is -2.17. The second-order valence-corrected chi connectivity index (χ2v) is 8.13. The molecule has 1 aliphatic heterocycles.